The van der Waals surface area contributed by atoms with Crippen LogP contribution in [-0.4, -0.2) is 45.0 Å². The number of hydrogen-bond acceptors (Lipinski definition) is 7. The van der Waals surface area contributed by atoms with Crippen molar-refractivity contribution in [3.8, 4) is 17.2 Å². The number of ketones is 1. The number of rotatable bonds is 6. The molecule has 2 aromatic carbocycles. The van der Waals surface area contributed by atoms with Gasteiger partial charge in [0.25, 0.3) is 0 Å². The molecule has 0 saturated carbocycles. The molecule has 0 amide bonds. The zero-order valence-electron chi connectivity index (χ0n) is 16.4. The van der Waals surface area contributed by atoms with Crippen LogP contribution < -0.4 is 9.47 Å². The topological polar surface area (TPSA) is 79.1 Å². The monoisotopic (exact) mass is 410 g/mol. The van der Waals surface area contributed by atoms with Crippen LogP contribution in [-0.2, 0) is 0 Å². The fourth-order valence-electron chi connectivity index (χ4n) is 2.98. The van der Waals surface area contributed by atoms with E-state index in [1.165, 1.54) is 17.3 Å². The Morgan fingerprint density at radius 2 is 1.86 bits per heavy atom. The molecule has 150 valence electrons. The lowest BCUT2D eigenvalue weighted by atomic mass is 10.0. The Hall–Kier alpha value is -2.87. The summed E-state index contributed by atoms with van der Waals surface area (Å²) in [4.78, 5) is 12.7. The van der Waals surface area contributed by atoms with E-state index in [2.05, 4.69) is 41.5 Å². The highest BCUT2D eigenvalue weighted by Gasteiger charge is 2.16. The Labute approximate surface area is 173 Å². The lowest BCUT2D eigenvalue weighted by Gasteiger charge is -2.09. The zero-order chi connectivity index (χ0) is 20.2. The van der Waals surface area contributed by atoms with Gasteiger partial charge in [-0.3, -0.25) is 4.79 Å². The number of carbonyl (C=O) groups is 1. The molecule has 8 heteroatoms. The van der Waals surface area contributed by atoms with Crippen LogP contribution in [0.15, 0.2) is 47.6 Å². The molecule has 1 aliphatic heterocycles. The van der Waals surface area contributed by atoms with Gasteiger partial charge >= 0.3 is 0 Å². The van der Waals surface area contributed by atoms with Crippen molar-refractivity contribution in [2.45, 2.75) is 31.3 Å². The number of ether oxygens (including phenoxy) is 2. The van der Waals surface area contributed by atoms with Gasteiger partial charge in [0.05, 0.1) is 24.7 Å². The van der Waals surface area contributed by atoms with E-state index >= 15 is 0 Å². The molecule has 0 spiro atoms. The van der Waals surface area contributed by atoms with Crippen molar-refractivity contribution in [2.24, 2.45) is 0 Å². The van der Waals surface area contributed by atoms with Crippen LogP contribution in [0.2, 0.25) is 0 Å². The maximum atomic E-state index is 12.7. The Bertz CT molecular complexity index is 1000. The highest BCUT2D eigenvalue weighted by atomic mass is 32.2. The van der Waals surface area contributed by atoms with Gasteiger partial charge in [-0.2, -0.15) is 4.68 Å². The molecule has 0 unspecified atom stereocenters. The molecule has 2 heterocycles. The van der Waals surface area contributed by atoms with Crippen molar-refractivity contribution < 1.29 is 14.3 Å². The maximum Gasteiger partial charge on any atom is 0.214 e. The highest BCUT2D eigenvalue weighted by molar-refractivity contribution is 7.99. The van der Waals surface area contributed by atoms with Crippen molar-refractivity contribution in [3.05, 3.63) is 53.6 Å². The highest BCUT2D eigenvalue weighted by Crippen LogP contribution is 2.31. The summed E-state index contributed by atoms with van der Waals surface area (Å²) in [5.41, 5.74) is 2.70. The van der Waals surface area contributed by atoms with Gasteiger partial charge in [-0.1, -0.05) is 37.7 Å². The number of benzene rings is 2. The minimum atomic E-state index is -0.0182. The fourth-order valence-corrected chi connectivity index (χ4v) is 3.77. The molecule has 4 rings (SSSR count). The van der Waals surface area contributed by atoms with Gasteiger partial charge in [0.15, 0.2) is 17.3 Å². The first-order chi connectivity index (χ1) is 14.1. The molecule has 0 atom stereocenters. The Morgan fingerprint density at radius 3 is 2.62 bits per heavy atom. The Balaban J connectivity index is 1.45. The van der Waals surface area contributed by atoms with Gasteiger partial charge in [-0.25, -0.2) is 0 Å². The molecule has 7 nitrogen and oxygen atoms in total. The van der Waals surface area contributed by atoms with Crippen molar-refractivity contribution in [3.63, 3.8) is 0 Å². The molecule has 0 bridgehead atoms. The molecular weight excluding hydrogens is 388 g/mol. The van der Waals surface area contributed by atoms with Crippen LogP contribution in [0.3, 0.4) is 0 Å². The van der Waals surface area contributed by atoms with E-state index in [1.807, 2.05) is 12.1 Å². The second kappa shape index (κ2) is 8.65. The van der Waals surface area contributed by atoms with Crippen molar-refractivity contribution >= 4 is 17.5 Å². The molecular formula is C21H22N4O3S. The third-order valence-corrected chi connectivity index (χ3v) is 5.57. The first-order valence-corrected chi connectivity index (χ1v) is 10.5. The molecule has 29 heavy (non-hydrogen) atoms. The third-order valence-electron chi connectivity index (χ3n) is 4.65. The summed E-state index contributed by atoms with van der Waals surface area (Å²) in [6, 6.07) is 13.4. The van der Waals surface area contributed by atoms with Crippen molar-refractivity contribution in [1.82, 2.24) is 20.2 Å². The molecule has 0 radical (unpaired) electrons. The number of hydrogen-bond donors (Lipinski definition) is 0. The van der Waals surface area contributed by atoms with E-state index in [0.29, 0.717) is 41.4 Å². The first kappa shape index (κ1) is 19.4. The first-order valence-electron chi connectivity index (χ1n) is 9.56. The Morgan fingerprint density at radius 1 is 1.10 bits per heavy atom. The predicted molar refractivity (Wildman–Crippen MR) is 110 cm³/mol. The predicted octanol–water partition coefficient (Wildman–Crippen LogP) is 3.92. The summed E-state index contributed by atoms with van der Waals surface area (Å²) in [5.74, 6) is 1.97. The number of carbonyl (C=O) groups excluding carboxylic acids is 1. The summed E-state index contributed by atoms with van der Waals surface area (Å²) in [6.07, 6.45) is 0.828. The minimum Gasteiger partial charge on any atom is -0.490 e. The van der Waals surface area contributed by atoms with Crippen molar-refractivity contribution in [1.29, 1.82) is 0 Å². The lowest BCUT2D eigenvalue weighted by Crippen LogP contribution is -2.06. The quantitative estimate of drug-likeness (QED) is 0.450. The van der Waals surface area contributed by atoms with E-state index in [1.54, 1.807) is 22.9 Å². The average Bonchev–Trinajstić information content (AvgIpc) is 3.08. The zero-order valence-corrected chi connectivity index (χ0v) is 17.2. The van der Waals surface area contributed by atoms with E-state index in [0.717, 1.165) is 12.1 Å². The third kappa shape index (κ3) is 4.42. The number of Topliss-reactive ketones (excluding diaryl/α,β-unsaturated/α-hetero) is 1. The van der Waals surface area contributed by atoms with Gasteiger partial charge in [0.2, 0.25) is 5.16 Å². The van der Waals surface area contributed by atoms with Crippen LogP contribution in [0.5, 0.6) is 11.5 Å². The van der Waals surface area contributed by atoms with Crippen LogP contribution in [0.25, 0.3) is 5.69 Å². The van der Waals surface area contributed by atoms with Crippen molar-refractivity contribution in [2.75, 3.05) is 19.0 Å². The van der Waals surface area contributed by atoms with Crippen LogP contribution >= 0.6 is 11.8 Å². The Kier molecular flexibility index (Phi) is 5.80. The van der Waals surface area contributed by atoms with E-state index < -0.39 is 0 Å². The van der Waals surface area contributed by atoms with Gasteiger partial charge in [-0.15, -0.1) is 5.10 Å². The van der Waals surface area contributed by atoms with E-state index in [-0.39, 0.29) is 11.5 Å². The maximum absolute atomic E-state index is 12.7. The van der Waals surface area contributed by atoms with Gasteiger partial charge < -0.3 is 9.47 Å². The molecule has 1 aromatic heterocycles. The largest absolute Gasteiger partial charge is 0.490 e. The van der Waals surface area contributed by atoms with E-state index in [9.17, 15) is 4.79 Å². The molecule has 0 N–H and O–H groups in total. The second-order valence-electron chi connectivity index (χ2n) is 7.04. The number of nitrogens with zero attached hydrogens (tertiary/aromatic N) is 4. The number of aromatic nitrogens is 4. The van der Waals surface area contributed by atoms with Crippen LogP contribution in [0.4, 0.5) is 0 Å². The van der Waals surface area contributed by atoms with Gasteiger partial charge in [0.1, 0.15) is 0 Å². The number of fused-ring (bicyclic) bond motifs is 1. The molecule has 0 saturated heterocycles. The summed E-state index contributed by atoms with van der Waals surface area (Å²) in [6.45, 7) is 5.51. The summed E-state index contributed by atoms with van der Waals surface area (Å²) in [5, 5.41) is 12.5. The second-order valence-corrected chi connectivity index (χ2v) is 7.99. The van der Waals surface area contributed by atoms with Gasteiger partial charge in [0, 0.05) is 12.0 Å². The standard InChI is InChI=1S/C21H22N4O3S/c1-14(2)15-4-7-17(8-5-15)25-21(22-23-24-25)29-13-18(26)16-6-9-19-20(12-16)28-11-3-10-27-19/h4-9,12,14H,3,10-11,13H2,1-2H3. The molecule has 0 aliphatic carbocycles. The number of thioether (sulfide) groups is 1. The SMILES string of the molecule is CC(C)c1ccc(-n2nnnc2SCC(=O)c2ccc3c(c2)OCCCO3)cc1. The summed E-state index contributed by atoms with van der Waals surface area (Å²) in [7, 11) is 0. The summed E-state index contributed by atoms with van der Waals surface area (Å²) >= 11 is 1.31. The smallest absolute Gasteiger partial charge is 0.214 e. The molecule has 3 aromatic rings. The molecule has 1 aliphatic rings. The summed E-state index contributed by atoms with van der Waals surface area (Å²) < 4.78 is 12.9. The minimum absolute atomic E-state index is 0.0182. The lowest BCUT2D eigenvalue weighted by molar-refractivity contribution is 0.102. The van der Waals surface area contributed by atoms with Gasteiger partial charge in [-0.05, 0) is 52.2 Å². The van der Waals surface area contributed by atoms with E-state index in [4.69, 9.17) is 9.47 Å². The average molecular weight is 410 g/mol. The number of tetrazole rings is 1. The molecule has 0 fully saturated rings. The normalized spacial score (nSPS) is 13.3. The van der Waals surface area contributed by atoms with Crippen LogP contribution in [0, 0.1) is 0 Å². The van der Waals surface area contributed by atoms with Crippen LogP contribution in [0.1, 0.15) is 42.1 Å². The fraction of sp³-hybridized carbons (Fsp3) is 0.333.